The highest BCUT2D eigenvalue weighted by molar-refractivity contribution is 6.13. The van der Waals surface area contributed by atoms with Crippen LogP contribution in [0.3, 0.4) is 0 Å². The molecule has 34 heavy (non-hydrogen) atoms. The molecule has 9 heteroatoms. The van der Waals surface area contributed by atoms with Crippen molar-refractivity contribution in [1.82, 2.24) is 15.3 Å². The minimum absolute atomic E-state index is 0.170. The lowest BCUT2D eigenvalue weighted by Gasteiger charge is -2.34. The van der Waals surface area contributed by atoms with Crippen LogP contribution in [0.4, 0.5) is 11.6 Å². The standard InChI is InChI=1S/C25H24N6O3/c1-33-20-7-5-19(6-8-20)31-22(26)21-10-12-34-25(21)30-23(31)16-3-2-4-17(13-16)24(32)28-11-9-18-14-27-15-29-18/h2-8,10,12-15,22H,9,11,26H2,1H3,(H,27,29)(H,28,32). The highest BCUT2D eigenvalue weighted by Gasteiger charge is 2.31. The van der Waals surface area contributed by atoms with E-state index < -0.39 is 6.17 Å². The fourth-order valence-electron chi connectivity index (χ4n) is 3.91. The van der Waals surface area contributed by atoms with Crippen molar-refractivity contribution in [3.8, 4) is 5.75 Å². The minimum Gasteiger partial charge on any atom is -0.497 e. The molecule has 1 atom stereocenters. The molecule has 172 valence electrons. The van der Waals surface area contributed by atoms with Crippen LogP contribution in [0.2, 0.25) is 0 Å². The molecule has 2 aromatic carbocycles. The summed E-state index contributed by atoms with van der Waals surface area (Å²) in [7, 11) is 1.62. The molecule has 1 amide bonds. The van der Waals surface area contributed by atoms with Crippen molar-refractivity contribution in [1.29, 1.82) is 0 Å². The van der Waals surface area contributed by atoms with E-state index in [4.69, 9.17) is 19.9 Å². The molecule has 0 bridgehead atoms. The number of ether oxygens (including phenoxy) is 1. The van der Waals surface area contributed by atoms with Gasteiger partial charge in [-0.1, -0.05) is 12.1 Å². The lowest BCUT2D eigenvalue weighted by molar-refractivity contribution is 0.0954. The molecule has 4 N–H and O–H groups in total. The fraction of sp³-hybridized carbons (Fsp3) is 0.160. The lowest BCUT2D eigenvalue weighted by atomic mass is 10.0. The summed E-state index contributed by atoms with van der Waals surface area (Å²) >= 11 is 0. The first-order chi connectivity index (χ1) is 16.6. The van der Waals surface area contributed by atoms with Gasteiger partial charge in [0.05, 0.1) is 25.3 Å². The predicted molar refractivity (Wildman–Crippen MR) is 128 cm³/mol. The molecule has 0 spiro atoms. The average Bonchev–Trinajstić information content (AvgIpc) is 3.56. The van der Waals surface area contributed by atoms with Gasteiger partial charge in [-0.05, 0) is 42.5 Å². The van der Waals surface area contributed by atoms with E-state index >= 15 is 0 Å². The topological polar surface area (TPSA) is 122 Å². The van der Waals surface area contributed by atoms with Gasteiger partial charge in [-0.3, -0.25) is 4.79 Å². The molecule has 1 aliphatic heterocycles. The molecule has 0 radical (unpaired) electrons. The van der Waals surface area contributed by atoms with E-state index in [2.05, 4.69) is 15.3 Å². The molecule has 0 saturated carbocycles. The second kappa shape index (κ2) is 9.24. The van der Waals surface area contributed by atoms with Crippen LogP contribution in [0.5, 0.6) is 5.75 Å². The van der Waals surface area contributed by atoms with Crippen LogP contribution in [0.15, 0.2) is 82.8 Å². The number of carbonyl (C=O) groups is 1. The Hall–Kier alpha value is -4.37. The summed E-state index contributed by atoms with van der Waals surface area (Å²) in [6.45, 7) is 0.491. The number of imidazole rings is 1. The third-order valence-electron chi connectivity index (χ3n) is 5.67. The predicted octanol–water partition coefficient (Wildman–Crippen LogP) is 3.54. The second-order valence-corrected chi connectivity index (χ2v) is 7.79. The van der Waals surface area contributed by atoms with E-state index in [-0.39, 0.29) is 5.91 Å². The number of fused-ring (bicyclic) bond motifs is 1. The van der Waals surface area contributed by atoms with E-state index in [0.717, 1.165) is 28.3 Å². The molecular formula is C25H24N6O3. The van der Waals surface area contributed by atoms with Crippen molar-refractivity contribution in [3.05, 3.63) is 95.8 Å². The van der Waals surface area contributed by atoms with Crippen LogP contribution < -0.4 is 20.7 Å². The van der Waals surface area contributed by atoms with Gasteiger partial charge in [0.1, 0.15) is 17.8 Å². The number of furan rings is 1. The number of H-pyrrole nitrogens is 1. The number of methoxy groups -OCH3 is 1. The molecule has 1 unspecified atom stereocenters. The smallest absolute Gasteiger partial charge is 0.251 e. The van der Waals surface area contributed by atoms with Crippen molar-refractivity contribution >= 4 is 23.3 Å². The van der Waals surface area contributed by atoms with Crippen molar-refractivity contribution in [2.75, 3.05) is 18.6 Å². The van der Waals surface area contributed by atoms with Gasteiger partial charge in [0, 0.05) is 41.7 Å². The molecule has 4 aromatic rings. The Balaban J connectivity index is 1.44. The number of amidine groups is 1. The SMILES string of the molecule is COc1ccc(N2C(c3cccc(C(=O)NCCc4cnc[nH]4)c3)=Nc3occc3C2N)cc1. The van der Waals surface area contributed by atoms with Crippen LogP contribution >= 0.6 is 0 Å². The number of aromatic amines is 1. The molecule has 0 aliphatic carbocycles. The average molecular weight is 457 g/mol. The normalized spacial score (nSPS) is 14.9. The van der Waals surface area contributed by atoms with Gasteiger partial charge in [-0.2, -0.15) is 4.99 Å². The zero-order valence-corrected chi connectivity index (χ0v) is 18.6. The Labute approximate surface area is 196 Å². The number of carbonyl (C=O) groups excluding carboxylic acids is 1. The molecule has 5 rings (SSSR count). The number of hydrogen-bond acceptors (Lipinski definition) is 7. The highest BCUT2D eigenvalue weighted by Crippen LogP contribution is 2.37. The fourth-order valence-corrected chi connectivity index (χ4v) is 3.91. The Morgan fingerprint density at radius 3 is 2.85 bits per heavy atom. The van der Waals surface area contributed by atoms with Gasteiger partial charge in [-0.25, -0.2) is 4.98 Å². The summed E-state index contributed by atoms with van der Waals surface area (Å²) in [4.78, 5) is 26.5. The van der Waals surface area contributed by atoms with Gasteiger partial charge in [0.15, 0.2) is 0 Å². The number of hydrogen-bond donors (Lipinski definition) is 3. The Morgan fingerprint density at radius 2 is 2.09 bits per heavy atom. The number of anilines is 1. The van der Waals surface area contributed by atoms with E-state index in [1.54, 1.807) is 32.0 Å². The summed E-state index contributed by atoms with van der Waals surface area (Å²) in [5.74, 6) is 1.62. The number of aromatic nitrogens is 2. The molecule has 9 nitrogen and oxygen atoms in total. The van der Waals surface area contributed by atoms with E-state index in [1.165, 1.54) is 0 Å². The number of amides is 1. The zero-order valence-electron chi connectivity index (χ0n) is 18.6. The first kappa shape index (κ1) is 21.5. The number of nitrogens with zero attached hydrogens (tertiary/aromatic N) is 3. The maximum absolute atomic E-state index is 12.8. The zero-order chi connectivity index (χ0) is 23.5. The quantitative estimate of drug-likeness (QED) is 0.391. The summed E-state index contributed by atoms with van der Waals surface area (Å²) in [6, 6.07) is 16.7. The maximum Gasteiger partial charge on any atom is 0.251 e. The molecule has 1 aliphatic rings. The van der Waals surface area contributed by atoms with Gasteiger partial charge in [0.2, 0.25) is 5.88 Å². The summed E-state index contributed by atoms with van der Waals surface area (Å²) in [5, 5.41) is 2.95. The maximum atomic E-state index is 12.8. The van der Waals surface area contributed by atoms with Crippen molar-refractivity contribution < 1.29 is 13.9 Å². The van der Waals surface area contributed by atoms with Crippen LogP contribution in [0.1, 0.15) is 33.3 Å². The van der Waals surface area contributed by atoms with E-state index in [9.17, 15) is 4.79 Å². The van der Waals surface area contributed by atoms with Crippen molar-refractivity contribution in [3.63, 3.8) is 0 Å². The van der Waals surface area contributed by atoms with Crippen LogP contribution in [-0.2, 0) is 6.42 Å². The third kappa shape index (κ3) is 4.16. The minimum atomic E-state index is -0.512. The summed E-state index contributed by atoms with van der Waals surface area (Å²) in [5.41, 5.74) is 10.5. The molecular weight excluding hydrogens is 432 g/mol. The first-order valence-electron chi connectivity index (χ1n) is 10.8. The molecule has 3 heterocycles. The number of nitrogens with two attached hydrogens (primary N) is 1. The highest BCUT2D eigenvalue weighted by atomic mass is 16.5. The summed E-state index contributed by atoms with van der Waals surface area (Å²) < 4.78 is 10.9. The molecule has 0 saturated heterocycles. The molecule has 0 fully saturated rings. The number of nitrogens with one attached hydrogen (secondary N) is 2. The van der Waals surface area contributed by atoms with E-state index in [0.29, 0.717) is 30.2 Å². The van der Waals surface area contributed by atoms with Gasteiger partial charge < -0.3 is 30.1 Å². The van der Waals surface area contributed by atoms with E-state index in [1.807, 2.05) is 53.4 Å². The monoisotopic (exact) mass is 456 g/mol. The van der Waals surface area contributed by atoms with Crippen LogP contribution in [-0.4, -0.2) is 35.4 Å². The second-order valence-electron chi connectivity index (χ2n) is 7.79. The first-order valence-corrected chi connectivity index (χ1v) is 10.8. The van der Waals surface area contributed by atoms with Gasteiger partial charge in [-0.15, -0.1) is 0 Å². The number of rotatable bonds is 7. The van der Waals surface area contributed by atoms with Gasteiger partial charge in [0.25, 0.3) is 5.91 Å². The number of aliphatic imine (C=N–C) groups is 1. The largest absolute Gasteiger partial charge is 0.497 e. The van der Waals surface area contributed by atoms with Gasteiger partial charge >= 0.3 is 0 Å². The number of benzene rings is 2. The van der Waals surface area contributed by atoms with Crippen LogP contribution in [0.25, 0.3) is 0 Å². The Kier molecular flexibility index (Phi) is 5.84. The van der Waals surface area contributed by atoms with Crippen molar-refractivity contribution in [2.24, 2.45) is 10.7 Å². The lowest BCUT2D eigenvalue weighted by Crippen LogP contribution is -2.42. The summed E-state index contributed by atoms with van der Waals surface area (Å²) in [6.07, 6.45) is 5.09. The third-order valence-corrected chi connectivity index (χ3v) is 5.67. The van der Waals surface area contributed by atoms with Crippen molar-refractivity contribution in [2.45, 2.75) is 12.6 Å². The molecule has 2 aromatic heterocycles. The Morgan fingerprint density at radius 1 is 1.24 bits per heavy atom. The van der Waals surface area contributed by atoms with Crippen LogP contribution in [0, 0.1) is 0 Å². The Bertz CT molecular complexity index is 1310.